The van der Waals surface area contributed by atoms with Gasteiger partial charge in [0, 0.05) is 6.61 Å². The molecular weight excluding hydrogens is 256 g/mol. The van der Waals surface area contributed by atoms with Crippen LogP contribution >= 0.6 is 0 Å². The van der Waals surface area contributed by atoms with Gasteiger partial charge in [-0.05, 0) is 32.1 Å². The molecule has 1 saturated carbocycles. The molecule has 0 aromatic carbocycles. The Morgan fingerprint density at radius 2 is 1.33 bits per heavy atom. The molecule has 0 spiro atoms. The Morgan fingerprint density at radius 1 is 0.762 bits per heavy atom. The Hall–Kier alpha value is -0.0400. The second-order valence-corrected chi connectivity index (χ2v) is 7.01. The van der Waals surface area contributed by atoms with E-state index < -0.39 is 0 Å². The van der Waals surface area contributed by atoms with E-state index in [4.69, 9.17) is 4.74 Å². The lowest BCUT2D eigenvalue weighted by atomic mass is 9.85. The zero-order valence-electron chi connectivity index (χ0n) is 14.9. The minimum absolute atomic E-state index is 0.559. The predicted octanol–water partition coefficient (Wildman–Crippen LogP) is 6.89. The van der Waals surface area contributed by atoms with Gasteiger partial charge < -0.3 is 4.74 Å². The molecule has 0 aliphatic heterocycles. The summed E-state index contributed by atoms with van der Waals surface area (Å²) >= 11 is 0. The van der Waals surface area contributed by atoms with Gasteiger partial charge in [-0.25, -0.2) is 0 Å². The van der Waals surface area contributed by atoms with Crippen LogP contribution in [0.2, 0.25) is 0 Å². The van der Waals surface area contributed by atoms with Crippen molar-refractivity contribution in [2.75, 3.05) is 6.61 Å². The Kier molecular flexibility index (Phi) is 12.3. The van der Waals surface area contributed by atoms with E-state index >= 15 is 0 Å². The van der Waals surface area contributed by atoms with Gasteiger partial charge in [-0.15, -0.1) is 0 Å². The van der Waals surface area contributed by atoms with Crippen LogP contribution < -0.4 is 0 Å². The molecule has 0 N–H and O–H groups in total. The van der Waals surface area contributed by atoms with Crippen LogP contribution in [0.25, 0.3) is 0 Å². The van der Waals surface area contributed by atoms with Crippen molar-refractivity contribution in [3.05, 3.63) is 0 Å². The Morgan fingerprint density at radius 3 is 1.95 bits per heavy atom. The lowest BCUT2D eigenvalue weighted by Gasteiger charge is -2.28. The highest BCUT2D eigenvalue weighted by Gasteiger charge is 2.22. The van der Waals surface area contributed by atoms with Gasteiger partial charge in [0.2, 0.25) is 0 Å². The molecule has 1 aliphatic carbocycles. The smallest absolute Gasteiger partial charge is 0.0603 e. The average Bonchev–Trinajstić information content (AvgIpc) is 2.45. The lowest BCUT2D eigenvalue weighted by Crippen LogP contribution is -2.25. The summed E-state index contributed by atoms with van der Waals surface area (Å²) in [4.78, 5) is 0. The van der Waals surface area contributed by atoms with Crippen molar-refractivity contribution in [3.8, 4) is 0 Å². The summed E-state index contributed by atoms with van der Waals surface area (Å²) in [5, 5.41) is 0. The van der Waals surface area contributed by atoms with Crippen molar-refractivity contribution < 1.29 is 4.74 Å². The van der Waals surface area contributed by atoms with Crippen LogP contribution in [0.1, 0.15) is 110 Å². The molecule has 1 nitrogen and oxygen atoms in total. The molecule has 1 rings (SSSR count). The van der Waals surface area contributed by atoms with Crippen molar-refractivity contribution in [3.63, 3.8) is 0 Å². The van der Waals surface area contributed by atoms with Crippen molar-refractivity contribution in [2.45, 2.75) is 116 Å². The number of ether oxygens (including phenoxy) is 1. The molecule has 1 heteroatoms. The average molecular weight is 297 g/mol. The van der Waals surface area contributed by atoms with Crippen LogP contribution in [0, 0.1) is 5.92 Å². The molecule has 0 bridgehead atoms. The van der Waals surface area contributed by atoms with Crippen LogP contribution in [-0.2, 0) is 4.74 Å². The first-order valence-corrected chi connectivity index (χ1v) is 10.00. The first-order chi connectivity index (χ1) is 10.4. The molecule has 0 aromatic rings. The molecule has 0 radical (unpaired) electrons. The van der Waals surface area contributed by atoms with Crippen molar-refractivity contribution in [1.82, 2.24) is 0 Å². The van der Waals surface area contributed by atoms with Gasteiger partial charge in [-0.1, -0.05) is 84.0 Å². The molecule has 1 fully saturated rings. The highest BCUT2D eigenvalue weighted by Crippen LogP contribution is 2.29. The van der Waals surface area contributed by atoms with Crippen molar-refractivity contribution >= 4 is 0 Å². The maximum absolute atomic E-state index is 6.12. The van der Waals surface area contributed by atoms with Gasteiger partial charge in [0.15, 0.2) is 0 Å². The van der Waals surface area contributed by atoms with Crippen LogP contribution in [0.15, 0.2) is 0 Å². The van der Waals surface area contributed by atoms with Crippen LogP contribution in [0.5, 0.6) is 0 Å². The van der Waals surface area contributed by atoms with E-state index in [2.05, 4.69) is 13.8 Å². The summed E-state index contributed by atoms with van der Waals surface area (Å²) in [6, 6.07) is 0. The second kappa shape index (κ2) is 13.6. The maximum atomic E-state index is 6.12. The molecule has 21 heavy (non-hydrogen) atoms. The van der Waals surface area contributed by atoms with E-state index in [1.54, 1.807) is 0 Å². The molecule has 0 amide bonds. The maximum Gasteiger partial charge on any atom is 0.0603 e. The number of unbranched alkanes of at least 4 members (excludes halogenated alkanes) is 6. The third-order valence-electron chi connectivity index (χ3n) is 5.15. The molecule has 0 aromatic heterocycles. The standard InChI is InChI=1S/C20H40O/c1-3-5-6-7-8-12-15-18-20(21-4-2)19-16-13-10-9-11-14-17-19/h19-20H,3-18H2,1-2H3. The van der Waals surface area contributed by atoms with Gasteiger partial charge in [0.1, 0.15) is 0 Å². The summed E-state index contributed by atoms with van der Waals surface area (Å²) in [6.45, 7) is 5.36. The number of hydrogen-bond acceptors (Lipinski definition) is 1. The normalized spacial score (nSPS) is 19.1. The van der Waals surface area contributed by atoms with Gasteiger partial charge in [-0.2, -0.15) is 0 Å². The fourth-order valence-electron chi connectivity index (χ4n) is 3.83. The SMILES string of the molecule is CCCCCCCCCC(OCC)C1CCCCCCC1. The quantitative estimate of drug-likeness (QED) is 0.377. The first kappa shape index (κ1) is 19.0. The minimum Gasteiger partial charge on any atom is -0.378 e. The van der Waals surface area contributed by atoms with Gasteiger partial charge in [-0.3, -0.25) is 0 Å². The van der Waals surface area contributed by atoms with E-state index in [0.29, 0.717) is 6.10 Å². The lowest BCUT2D eigenvalue weighted by molar-refractivity contribution is 0.00393. The summed E-state index contributed by atoms with van der Waals surface area (Å²) < 4.78 is 6.12. The second-order valence-electron chi connectivity index (χ2n) is 7.01. The van der Waals surface area contributed by atoms with Gasteiger partial charge in [0.05, 0.1) is 6.10 Å². The summed E-state index contributed by atoms with van der Waals surface area (Å²) in [6.07, 6.45) is 21.8. The fraction of sp³-hybridized carbons (Fsp3) is 1.00. The zero-order chi connectivity index (χ0) is 15.2. The van der Waals surface area contributed by atoms with E-state index in [9.17, 15) is 0 Å². The summed E-state index contributed by atoms with van der Waals surface area (Å²) in [7, 11) is 0. The van der Waals surface area contributed by atoms with Gasteiger partial charge in [0.25, 0.3) is 0 Å². The topological polar surface area (TPSA) is 9.23 Å². The molecule has 1 aliphatic rings. The number of rotatable bonds is 11. The summed E-state index contributed by atoms with van der Waals surface area (Å²) in [5.74, 6) is 0.852. The largest absolute Gasteiger partial charge is 0.378 e. The van der Waals surface area contributed by atoms with E-state index in [0.717, 1.165) is 12.5 Å². The zero-order valence-corrected chi connectivity index (χ0v) is 14.9. The van der Waals surface area contributed by atoms with Crippen LogP contribution in [0.4, 0.5) is 0 Å². The third kappa shape index (κ3) is 9.55. The predicted molar refractivity (Wildman–Crippen MR) is 93.8 cm³/mol. The van der Waals surface area contributed by atoms with Crippen molar-refractivity contribution in [2.24, 2.45) is 5.92 Å². The molecule has 0 heterocycles. The van der Waals surface area contributed by atoms with Crippen molar-refractivity contribution in [1.29, 1.82) is 0 Å². The third-order valence-corrected chi connectivity index (χ3v) is 5.15. The minimum atomic E-state index is 0.559. The molecule has 1 unspecified atom stereocenters. The monoisotopic (exact) mass is 296 g/mol. The van der Waals surface area contributed by atoms with E-state index in [1.807, 2.05) is 0 Å². The molecule has 1 atom stereocenters. The van der Waals surface area contributed by atoms with Gasteiger partial charge >= 0.3 is 0 Å². The Labute approximate surface area is 134 Å². The highest BCUT2D eigenvalue weighted by molar-refractivity contribution is 4.73. The Balaban J connectivity index is 2.18. The highest BCUT2D eigenvalue weighted by atomic mass is 16.5. The molecule has 0 saturated heterocycles. The Bertz CT molecular complexity index is 206. The fourth-order valence-corrected chi connectivity index (χ4v) is 3.83. The van der Waals surface area contributed by atoms with Crippen LogP contribution in [-0.4, -0.2) is 12.7 Å². The summed E-state index contributed by atoms with van der Waals surface area (Å²) in [5.41, 5.74) is 0. The molecular formula is C20H40O. The van der Waals surface area contributed by atoms with E-state index in [-0.39, 0.29) is 0 Å². The first-order valence-electron chi connectivity index (χ1n) is 10.00. The van der Waals surface area contributed by atoms with E-state index in [1.165, 1.54) is 96.3 Å². The van der Waals surface area contributed by atoms with Crippen LogP contribution in [0.3, 0.4) is 0 Å². The molecule has 126 valence electrons. The number of hydrogen-bond donors (Lipinski definition) is 0.